The monoisotopic (exact) mass is 344 g/mol. The van der Waals surface area contributed by atoms with E-state index in [-0.39, 0.29) is 16.7 Å². The van der Waals surface area contributed by atoms with Gasteiger partial charge in [-0.3, -0.25) is 9.69 Å². The lowest BCUT2D eigenvalue weighted by atomic mass is 9.66. The minimum absolute atomic E-state index is 0.115. The Bertz CT molecular complexity index is 596. The lowest BCUT2D eigenvalue weighted by Crippen LogP contribution is -2.46. The van der Waals surface area contributed by atoms with Crippen molar-refractivity contribution in [2.75, 3.05) is 26.2 Å². The second-order valence-corrected chi connectivity index (χ2v) is 9.05. The number of hydrogen-bond acceptors (Lipinski definition) is 3. The molecular weight excluding hydrogens is 312 g/mol. The molecule has 2 aliphatic rings. The fourth-order valence-electron chi connectivity index (χ4n) is 4.23. The van der Waals surface area contributed by atoms with E-state index in [0.29, 0.717) is 5.92 Å². The maximum absolute atomic E-state index is 11.0. The molecule has 1 saturated heterocycles. The lowest BCUT2D eigenvalue weighted by molar-refractivity contribution is -0.138. The third-order valence-corrected chi connectivity index (χ3v) is 6.38. The van der Waals surface area contributed by atoms with Gasteiger partial charge in [-0.1, -0.05) is 51.1 Å². The van der Waals surface area contributed by atoms with Crippen molar-refractivity contribution in [1.29, 1.82) is 0 Å². The van der Waals surface area contributed by atoms with E-state index in [1.54, 1.807) is 0 Å². The number of benzene rings is 1. The van der Waals surface area contributed by atoms with E-state index >= 15 is 0 Å². The second-order valence-electron chi connectivity index (χ2n) is 9.05. The third kappa shape index (κ3) is 4.24. The van der Waals surface area contributed by atoms with Gasteiger partial charge in [-0.05, 0) is 42.8 Å². The molecule has 1 aliphatic carbocycles. The number of carbonyl (C=O) groups is 1. The summed E-state index contributed by atoms with van der Waals surface area (Å²) in [5, 5.41) is 12.7. The van der Waals surface area contributed by atoms with Crippen LogP contribution in [0.15, 0.2) is 30.3 Å². The molecule has 0 amide bonds. The zero-order chi connectivity index (χ0) is 18.1. The average molecular weight is 344 g/mol. The molecule has 2 N–H and O–H groups in total. The number of likely N-dealkylation sites (tertiary alicyclic amines) is 1. The largest absolute Gasteiger partial charge is 0.481 e. The van der Waals surface area contributed by atoms with Gasteiger partial charge in [-0.2, -0.15) is 0 Å². The molecule has 2 fully saturated rings. The van der Waals surface area contributed by atoms with Crippen molar-refractivity contribution < 1.29 is 9.90 Å². The van der Waals surface area contributed by atoms with Crippen LogP contribution in [-0.2, 0) is 11.3 Å². The van der Waals surface area contributed by atoms with E-state index < -0.39 is 5.97 Å². The summed E-state index contributed by atoms with van der Waals surface area (Å²) in [6.07, 6.45) is 2.04. The zero-order valence-electron chi connectivity index (χ0n) is 15.8. The second kappa shape index (κ2) is 7.08. The number of hydrogen-bond donors (Lipinski definition) is 2. The van der Waals surface area contributed by atoms with Gasteiger partial charge in [-0.15, -0.1) is 0 Å². The van der Waals surface area contributed by atoms with Crippen molar-refractivity contribution in [2.24, 2.45) is 22.7 Å². The van der Waals surface area contributed by atoms with Crippen LogP contribution >= 0.6 is 0 Å². The van der Waals surface area contributed by atoms with E-state index in [4.69, 9.17) is 5.11 Å². The fourth-order valence-corrected chi connectivity index (χ4v) is 4.23. The van der Waals surface area contributed by atoms with Gasteiger partial charge >= 0.3 is 5.97 Å². The molecule has 0 radical (unpaired) electrons. The number of carboxylic acid groups (broad SMARTS) is 1. The van der Waals surface area contributed by atoms with Crippen LogP contribution in [0.5, 0.6) is 0 Å². The number of aliphatic carboxylic acids is 1. The van der Waals surface area contributed by atoms with Gasteiger partial charge in [0.15, 0.2) is 0 Å². The Morgan fingerprint density at radius 1 is 1.32 bits per heavy atom. The maximum Gasteiger partial charge on any atom is 0.306 e. The van der Waals surface area contributed by atoms with Gasteiger partial charge in [0, 0.05) is 25.0 Å². The van der Waals surface area contributed by atoms with Crippen LogP contribution in [0.4, 0.5) is 0 Å². The van der Waals surface area contributed by atoms with Crippen molar-refractivity contribution in [3.63, 3.8) is 0 Å². The van der Waals surface area contributed by atoms with E-state index in [1.165, 1.54) is 12.0 Å². The lowest BCUT2D eigenvalue weighted by Gasteiger charge is -2.42. The highest BCUT2D eigenvalue weighted by Crippen LogP contribution is 2.46. The summed E-state index contributed by atoms with van der Waals surface area (Å²) in [5.74, 6) is -0.417. The average Bonchev–Trinajstić information content (AvgIpc) is 3.20. The first kappa shape index (κ1) is 18.4. The minimum Gasteiger partial charge on any atom is -0.481 e. The molecule has 138 valence electrons. The van der Waals surface area contributed by atoms with Crippen LogP contribution in [-0.4, -0.2) is 42.2 Å². The number of nitrogens with one attached hydrogen (secondary N) is 1. The van der Waals surface area contributed by atoms with Crippen LogP contribution in [0, 0.1) is 22.7 Å². The van der Waals surface area contributed by atoms with Gasteiger partial charge in [0.25, 0.3) is 0 Å². The molecule has 1 unspecified atom stereocenters. The van der Waals surface area contributed by atoms with Gasteiger partial charge in [0.05, 0.1) is 5.92 Å². The van der Waals surface area contributed by atoms with Gasteiger partial charge in [0.2, 0.25) is 0 Å². The van der Waals surface area contributed by atoms with E-state index in [0.717, 1.165) is 39.1 Å². The highest BCUT2D eigenvalue weighted by molar-refractivity contribution is 5.73. The molecular formula is C21H32N2O2. The summed E-state index contributed by atoms with van der Waals surface area (Å²) in [5.41, 5.74) is 1.85. The molecule has 1 aliphatic heterocycles. The first-order chi connectivity index (χ1) is 11.8. The Morgan fingerprint density at radius 3 is 2.64 bits per heavy atom. The van der Waals surface area contributed by atoms with Crippen LogP contribution < -0.4 is 5.32 Å². The summed E-state index contributed by atoms with van der Waals surface area (Å²) < 4.78 is 0. The predicted molar refractivity (Wildman–Crippen MR) is 100 cm³/mol. The van der Waals surface area contributed by atoms with Crippen molar-refractivity contribution in [2.45, 2.75) is 40.2 Å². The summed E-state index contributed by atoms with van der Waals surface area (Å²) >= 11 is 0. The van der Waals surface area contributed by atoms with E-state index in [9.17, 15) is 4.79 Å². The normalized spacial score (nSPS) is 29.7. The molecule has 1 saturated carbocycles. The summed E-state index contributed by atoms with van der Waals surface area (Å²) in [7, 11) is 0. The molecule has 1 aromatic rings. The Balaban J connectivity index is 1.56. The Labute approximate surface area is 151 Å². The molecule has 25 heavy (non-hydrogen) atoms. The fraction of sp³-hybridized carbons (Fsp3) is 0.667. The van der Waals surface area contributed by atoms with Crippen LogP contribution in [0.1, 0.15) is 39.2 Å². The summed E-state index contributed by atoms with van der Waals surface area (Å²) in [6, 6.07) is 10.7. The van der Waals surface area contributed by atoms with Crippen LogP contribution in [0.3, 0.4) is 0 Å². The Morgan fingerprint density at radius 2 is 2.04 bits per heavy atom. The van der Waals surface area contributed by atoms with E-state index in [1.807, 2.05) is 0 Å². The molecule has 0 aromatic heterocycles. The Kier molecular flexibility index (Phi) is 5.21. The minimum atomic E-state index is -0.632. The molecule has 1 aromatic carbocycles. The van der Waals surface area contributed by atoms with Crippen molar-refractivity contribution in [1.82, 2.24) is 10.2 Å². The molecule has 3 rings (SSSR count). The maximum atomic E-state index is 11.0. The predicted octanol–water partition coefficient (Wildman–Crippen LogP) is 3.24. The van der Waals surface area contributed by atoms with Crippen LogP contribution in [0.25, 0.3) is 0 Å². The topological polar surface area (TPSA) is 52.6 Å². The molecule has 4 heteroatoms. The van der Waals surface area contributed by atoms with Gasteiger partial charge in [0.1, 0.15) is 0 Å². The molecule has 3 atom stereocenters. The molecule has 1 heterocycles. The first-order valence-corrected chi connectivity index (χ1v) is 9.51. The number of nitrogens with zero attached hydrogens (tertiary/aromatic N) is 1. The van der Waals surface area contributed by atoms with Crippen molar-refractivity contribution >= 4 is 5.97 Å². The summed E-state index contributed by atoms with van der Waals surface area (Å²) in [6.45, 7) is 12.1. The van der Waals surface area contributed by atoms with Crippen molar-refractivity contribution in [3.05, 3.63) is 35.9 Å². The van der Waals surface area contributed by atoms with Gasteiger partial charge < -0.3 is 10.4 Å². The van der Waals surface area contributed by atoms with Gasteiger partial charge in [-0.25, -0.2) is 0 Å². The highest BCUT2D eigenvalue weighted by Gasteiger charge is 2.47. The number of rotatable bonds is 7. The first-order valence-electron chi connectivity index (χ1n) is 9.51. The van der Waals surface area contributed by atoms with E-state index in [2.05, 4.69) is 61.3 Å². The molecule has 0 spiro atoms. The third-order valence-electron chi connectivity index (χ3n) is 6.38. The standard InChI is InChI=1S/C21H32N2O2/c1-20(2,3)21(14-22-12-17-11-18(17)19(24)25)9-10-23(15-21)13-16-7-5-4-6-8-16/h4-8,17-18,22H,9-15H2,1-3H3,(H,24,25)/t17-,18+,21?/m0/s1. The summed E-state index contributed by atoms with van der Waals surface area (Å²) in [4.78, 5) is 13.6. The SMILES string of the molecule is CC(C)(C)C1(CNC[C@@H]2C[C@H]2C(=O)O)CCN(Cc2ccccc2)C1. The molecule has 0 bridgehead atoms. The Hall–Kier alpha value is -1.39. The smallest absolute Gasteiger partial charge is 0.306 e. The molecule has 4 nitrogen and oxygen atoms in total. The number of carboxylic acids is 1. The van der Waals surface area contributed by atoms with Crippen molar-refractivity contribution in [3.8, 4) is 0 Å². The van der Waals surface area contributed by atoms with Crippen LogP contribution in [0.2, 0.25) is 0 Å². The zero-order valence-corrected chi connectivity index (χ0v) is 15.8. The quantitative estimate of drug-likeness (QED) is 0.797. The highest BCUT2D eigenvalue weighted by atomic mass is 16.4.